The van der Waals surface area contributed by atoms with E-state index in [-0.39, 0.29) is 6.54 Å². The van der Waals surface area contributed by atoms with E-state index in [4.69, 9.17) is 0 Å². The third kappa shape index (κ3) is 5.24. The number of rotatable bonds is 7. The highest BCUT2D eigenvalue weighted by atomic mass is 32.3. The van der Waals surface area contributed by atoms with Gasteiger partial charge in [-0.3, -0.25) is 0 Å². The second-order valence-corrected chi connectivity index (χ2v) is 7.77. The lowest BCUT2D eigenvalue weighted by Crippen LogP contribution is -3.12. The van der Waals surface area contributed by atoms with E-state index < -0.39 is 20.0 Å². The number of likely N-dealkylation sites (N-methyl/N-ethyl adjacent to an activating group) is 1. The van der Waals surface area contributed by atoms with Gasteiger partial charge in [0.05, 0.1) is 38.7 Å². The Morgan fingerprint density at radius 3 is 1.56 bits per heavy atom. The second-order valence-electron chi connectivity index (χ2n) is 3.73. The van der Waals surface area contributed by atoms with E-state index in [0.717, 1.165) is 30.5 Å². The Bertz CT molecular complexity index is 366. The molecule has 0 aliphatic heterocycles. The van der Waals surface area contributed by atoms with Gasteiger partial charge in [-0.05, 0) is 13.8 Å². The van der Waals surface area contributed by atoms with E-state index in [9.17, 15) is 16.8 Å². The van der Waals surface area contributed by atoms with Crippen LogP contribution < -0.4 is 4.90 Å². The van der Waals surface area contributed by atoms with Crippen LogP contribution in [-0.2, 0) is 20.0 Å². The Morgan fingerprint density at radius 1 is 0.938 bits per heavy atom. The third-order valence-corrected chi connectivity index (χ3v) is 5.86. The summed E-state index contributed by atoms with van der Waals surface area (Å²) in [4.78, 5) is 1.16. The summed E-state index contributed by atoms with van der Waals surface area (Å²) in [6.07, 6.45) is 1.82. The van der Waals surface area contributed by atoms with Crippen molar-refractivity contribution in [1.82, 2.24) is 3.71 Å². The average molecular weight is 273 g/mol. The van der Waals surface area contributed by atoms with E-state index in [2.05, 4.69) is 0 Å². The fraction of sp³-hybridized carbons (Fsp3) is 1.00. The zero-order chi connectivity index (χ0) is 13.0. The van der Waals surface area contributed by atoms with Crippen molar-refractivity contribution in [2.24, 2.45) is 0 Å². The molecule has 0 atom stereocenters. The molecule has 0 bridgehead atoms. The summed E-state index contributed by atoms with van der Waals surface area (Å²) in [6, 6.07) is 0. The predicted molar refractivity (Wildman–Crippen MR) is 63.3 cm³/mol. The summed E-state index contributed by atoms with van der Waals surface area (Å²) in [5.74, 6) is 0. The summed E-state index contributed by atoms with van der Waals surface area (Å²) in [5, 5.41) is 0. The quantitative estimate of drug-likeness (QED) is 0.590. The Morgan fingerprint density at radius 2 is 1.31 bits per heavy atom. The lowest BCUT2D eigenvalue weighted by molar-refractivity contribution is -0.895. The molecule has 0 aromatic heterocycles. The van der Waals surface area contributed by atoms with Crippen molar-refractivity contribution in [3.63, 3.8) is 0 Å². The molecule has 0 radical (unpaired) electrons. The van der Waals surface area contributed by atoms with E-state index in [1.54, 1.807) is 0 Å². The molecule has 0 fully saturated rings. The molecule has 0 aliphatic rings. The van der Waals surface area contributed by atoms with Crippen molar-refractivity contribution in [1.29, 1.82) is 0 Å². The van der Waals surface area contributed by atoms with Crippen LogP contribution in [-0.4, -0.2) is 59.2 Å². The topological polar surface area (TPSA) is 76.0 Å². The maximum absolute atomic E-state index is 11.3. The Balaban J connectivity index is 4.74. The van der Waals surface area contributed by atoms with E-state index in [1.807, 2.05) is 13.8 Å². The molecule has 0 saturated heterocycles. The van der Waals surface area contributed by atoms with Crippen molar-refractivity contribution in [3.8, 4) is 0 Å². The fourth-order valence-electron chi connectivity index (χ4n) is 1.43. The summed E-state index contributed by atoms with van der Waals surface area (Å²) >= 11 is 0. The average Bonchev–Trinajstić information content (AvgIpc) is 2.08. The molecule has 98 valence electrons. The minimum Gasteiger partial charge on any atom is -0.334 e. The van der Waals surface area contributed by atoms with Gasteiger partial charge in [-0.1, -0.05) is 3.71 Å². The van der Waals surface area contributed by atoms with Gasteiger partial charge in [0.15, 0.2) is 0 Å². The maximum atomic E-state index is 11.3. The van der Waals surface area contributed by atoms with Gasteiger partial charge in [-0.2, -0.15) is 0 Å². The predicted octanol–water partition coefficient (Wildman–Crippen LogP) is -1.87. The molecule has 6 nitrogen and oxygen atoms in total. The van der Waals surface area contributed by atoms with Gasteiger partial charge in [0.2, 0.25) is 20.0 Å². The van der Waals surface area contributed by atoms with Crippen molar-refractivity contribution in [2.75, 3.05) is 38.7 Å². The molecule has 0 aromatic carbocycles. The number of nitrogens with zero attached hydrogens (tertiary/aromatic N) is 1. The van der Waals surface area contributed by atoms with Crippen LogP contribution in [0.5, 0.6) is 0 Å². The molecule has 0 aliphatic carbocycles. The maximum Gasteiger partial charge on any atom is 0.224 e. The van der Waals surface area contributed by atoms with Crippen molar-refractivity contribution >= 4 is 20.0 Å². The SMILES string of the molecule is CC[NH+](CC)CCN(S(C)(=O)=O)S(C)(=O)=O. The van der Waals surface area contributed by atoms with Crippen LogP contribution in [0.25, 0.3) is 0 Å². The second kappa shape index (κ2) is 5.95. The van der Waals surface area contributed by atoms with Crippen LogP contribution in [0.1, 0.15) is 13.8 Å². The van der Waals surface area contributed by atoms with E-state index >= 15 is 0 Å². The molecule has 0 saturated carbocycles. The summed E-state index contributed by atoms with van der Waals surface area (Å²) in [6.45, 7) is 6.14. The molecular formula is C8H21N2O4S2+. The summed E-state index contributed by atoms with van der Waals surface area (Å²) < 4.78 is 45.8. The van der Waals surface area contributed by atoms with E-state index in [0.29, 0.717) is 10.3 Å². The van der Waals surface area contributed by atoms with Crippen molar-refractivity contribution in [2.45, 2.75) is 13.8 Å². The molecule has 1 N–H and O–H groups in total. The molecule has 0 unspecified atom stereocenters. The van der Waals surface area contributed by atoms with E-state index in [1.165, 1.54) is 0 Å². The zero-order valence-electron chi connectivity index (χ0n) is 10.2. The minimum absolute atomic E-state index is 0.00861. The molecular weight excluding hydrogens is 252 g/mol. The van der Waals surface area contributed by atoms with Gasteiger partial charge in [-0.25, -0.2) is 16.8 Å². The lowest BCUT2D eigenvalue weighted by Gasteiger charge is -2.21. The fourth-order valence-corrected chi connectivity index (χ4v) is 4.24. The molecule has 0 spiro atoms. The lowest BCUT2D eigenvalue weighted by atomic mass is 10.5. The third-order valence-electron chi connectivity index (χ3n) is 2.39. The first-order valence-corrected chi connectivity index (χ1v) is 8.84. The molecule has 16 heavy (non-hydrogen) atoms. The molecule has 0 heterocycles. The monoisotopic (exact) mass is 273 g/mol. The van der Waals surface area contributed by atoms with Crippen LogP contribution in [0.15, 0.2) is 0 Å². The number of sulfonamides is 2. The van der Waals surface area contributed by atoms with Gasteiger partial charge in [0, 0.05) is 0 Å². The van der Waals surface area contributed by atoms with Gasteiger partial charge in [-0.15, -0.1) is 0 Å². The van der Waals surface area contributed by atoms with Crippen LogP contribution in [0, 0.1) is 0 Å². The Labute approximate surface area is 98.3 Å². The molecule has 8 heteroatoms. The highest BCUT2D eigenvalue weighted by molar-refractivity contribution is 8.03. The van der Waals surface area contributed by atoms with Crippen LogP contribution in [0.2, 0.25) is 0 Å². The highest BCUT2D eigenvalue weighted by Crippen LogP contribution is 2.03. The number of nitrogens with one attached hydrogen (secondary N) is 1. The van der Waals surface area contributed by atoms with Crippen LogP contribution in [0.3, 0.4) is 0 Å². The van der Waals surface area contributed by atoms with Gasteiger partial charge in [0.25, 0.3) is 0 Å². The number of hydrogen-bond donors (Lipinski definition) is 1. The van der Waals surface area contributed by atoms with Gasteiger partial charge < -0.3 is 4.90 Å². The minimum atomic E-state index is -3.70. The zero-order valence-corrected chi connectivity index (χ0v) is 11.9. The molecule has 0 amide bonds. The largest absolute Gasteiger partial charge is 0.334 e. The van der Waals surface area contributed by atoms with Gasteiger partial charge in [0.1, 0.15) is 0 Å². The first-order chi connectivity index (χ1) is 7.12. The number of hydrogen-bond acceptors (Lipinski definition) is 4. The number of quaternary nitrogens is 1. The molecule has 0 aromatic rings. The Hall–Kier alpha value is -0.180. The van der Waals surface area contributed by atoms with Crippen LogP contribution in [0.4, 0.5) is 0 Å². The standard InChI is InChI=1S/C8H20N2O4S2/c1-5-9(6-2)7-8-10(15(3,11)12)16(4,13)14/h5-8H2,1-4H3/p+1. The van der Waals surface area contributed by atoms with Crippen molar-refractivity contribution < 1.29 is 21.7 Å². The highest BCUT2D eigenvalue weighted by Gasteiger charge is 2.27. The summed E-state index contributed by atoms with van der Waals surface area (Å²) in [7, 11) is -7.41. The normalized spacial score (nSPS) is 13.6. The Kier molecular flexibility index (Phi) is 5.88. The molecule has 0 rings (SSSR count). The van der Waals surface area contributed by atoms with Gasteiger partial charge >= 0.3 is 0 Å². The van der Waals surface area contributed by atoms with Crippen LogP contribution >= 0.6 is 0 Å². The van der Waals surface area contributed by atoms with Crippen molar-refractivity contribution in [3.05, 3.63) is 0 Å². The first-order valence-electron chi connectivity index (χ1n) is 5.14. The smallest absolute Gasteiger partial charge is 0.224 e. The summed E-state index contributed by atoms with van der Waals surface area (Å²) in [5.41, 5.74) is 0. The first kappa shape index (κ1) is 15.8.